The molecule has 0 aliphatic heterocycles. The van der Waals surface area contributed by atoms with E-state index in [1.165, 1.54) is 0 Å². The lowest BCUT2D eigenvalue weighted by Crippen LogP contribution is -2.12. The van der Waals surface area contributed by atoms with E-state index in [1.54, 1.807) is 4.68 Å². The van der Waals surface area contributed by atoms with Crippen molar-refractivity contribution in [1.29, 1.82) is 0 Å². The van der Waals surface area contributed by atoms with E-state index < -0.39 is 0 Å². The van der Waals surface area contributed by atoms with Crippen LogP contribution < -0.4 is 5.73 Å². The highest BCUT2D eigenvalue weighted by molar-refractivity contribution is 4.99. The van der Waals surface area contributed by atoms with Gasteiger partial charge in [-0.05, 0) is 12.3 Å². The van der Waals surface area contributed by atoms with Crippen LogP contribution in [0.4, 0.5) is 0 Å². The normalized spacial score (nSPS) is 15.2. The van der Waals surface area contributed by atoms with Gasteiger partial charge in [0.1, 0.15) is 0 Å². The fraction of sp³-hybridized carbons (Fsp3) is 0.800. The van der Waals surface area contributed by atoms with Gasteiger partial charge in [-0.2, -0.15) is 0 Å². The van der Waals surface area contributed by atoms with Gasteiger partial charge in [0.25, 0.3) is 0 Å². The number of nitrogens with zero attached hydrogens (tertiary/aromatic N) is 3. The Kier molecular flexibility index (Phi) is 4.71. The van der Waals surface area contributed by atoms with E-state index >= 15 is 0 Å². The van der Waals surface area contributed by atoms with Crippen molar-refractivity contribution in [3.63, 3.8) is 0 Å². The average Bonchev–Trinajstić information content (AvgIpc) is 2.66. The number of hydrogen-bond donors (Lipinski definition) is 2. The van der Waals surface area contributed by atoms with Crippen LogP contribution in [-0.4, -0.2) is 26.7 Å². The topological polar surface area (TPSA) is 77.0 Å². The van der Waals surface area contributed by atoms with E-state index in [0.717, 1.165) is 18.5 Å². The first kappa shape index (κ1) is 12.1. The van der Waals surface area contributed by atoms with Gasteiger partial charge in [0.2, 0.25) is 0 Å². The van der Waals surface area contributed by atoms with Gasteiger partial charge in [0, 0.05) is 13.2 Å². The number of aromatic nitrogens is 3. The van der Waals surface area contributed by atoms with E-state index in [-0.39, 0.29) is 18.6 Å². The molecule has 2 unspecified atom stereocenters. The van der Waals surface area contributed by atoms with Crippen LogP contribution in [0.1, 0.15) is 38.4 Å². The maximum Gasteiger partial charge on any atom is 0.0994 e. The lowest BCUT2D eigenvalue weighted by Gasteiger charge is -2.06. The molecule has 2 atom stereocenters. The molecule has 1 rings (SSSR count). The summed E-state index contributed by atoms with van der Waals surface area (Å²) in [6.45, 7) is 4.91. The van der Waals surface area contributed by atoms with E-state index in [2.05, 4.69) is 17.2 Å². The van der Waals surface area contributed by atoms with Crippen LogP contribution in [0.15, 0.2) is 6.20 Å². The molecule has 15 heavy (non-hydrogen) atoms. The van der Waals surface area contributed by atoms with Crippen LogP contribution >= 0.6 is 0 Å². The van der Waals surface area contributed by atoms with Crippen molar-refractivity contribution in [2.24, 2.45) is 11.7 Å². The molecule has 0 saturated carbocycles. The highest BCUT2D eigenvalue weighted by Gasteiger charge is 2.10. The maximum absolute atomic E-state index is 8.91. The number of aliphatic hydroxyl groups is 1. The highest BCUT2D eigenvalue weighted by atomic mass is 16.3. The second-order valence-electron chi connectivity index (χ2n) is 4.05. The Labute approximate surface area is 90.3 Å². The standard InChI is InChI=1S/C10H20N4O/c1-3-4-9(11)10-6-14(13-12-10)5-8(2)7-15/h6,8-9,15H,3-5,7,11H2,1-2H3. The number of hydrogen-bond acceptors (Lipinski definition) is 4. The van der Waals surface area contributed by atoms with E-state index in [0.29, 0.717) is 6.54 Å². The van der Waals surface area contributed by atoms with E-state index in [9.17, 15) is 0 Å². The summed E-state index contributed by atoms with van der Waals surface area (Å²) >= 11 is 0. The molecule has 0 fully saturated rings. The molecule has 0 saturated heterocycles. The van der Waals surface area contributed by atoms with Gasteiger partial charge in [-0.15, -0.1) is 5.10 Å². The lowest BCUT2D eigenvalue weighted by atomic mass is 10.1. The predicted molar refractivity (Wildman–Crippen MR) is 58.1 cm³/mol. The molecule has 3 N–H and O–H groups in total. The monoisotopic (exact) mass is 212 g/mol. The summed E-state index contributed by atoms with van der Waals surface area (Å²) in [6, 6.07) is -0.0202. The Morgan fingerprint density at radius 1 is 1.60 bits per heavy atom. The summed E-state index contributed by atoms with van der Waals surface area (Å²) in [4.78, 5) is 0. The number of nitrogens with two attached hydrogens (primary N) is 1. The molecule has 1 aromatic rings. The van der Waals surface area contributed by atoms with Crippen molar-refractivity contribution in [3.05, 3.63) is 11.9 Å². The molecule has 1 aromatic heterocycles. The summed E-state index contributed by atoms with van der Waals surface area (Å²) in [6.07, 6.45) is 3.84. The summed E-state index contributed by atoms with van der Waals surface area (Å²) in [5.74, 6) is 0.196. The first-order valence-electron chi connectivity index (χ1n) is 5.43. The largest absolute Gasteiger partial charge is 0.396 e. The third-order valence-corrected chi connectivity index (χ3v) is 2.35. The minimum atomic E-state index is -0.0202. The molecule has 0 amide bonds. The Balaban J connectivity index is 2.55. The van der Waals surface area contributed by atoms with Crippen LogP contribution in [0.2, 0.25) is 0 Å². The molecule has 1 heterocycles. The minimum absolute atomic E-state index is 0.0202. The number of rotatable bonds is 6. The molecule has 0 aliphatic rings. The average molecular weight is 212 g/mol. The molecule has 86 valence electrons. The molecule has 0 aromatic carbocycles. The van der Waals surface area contributed by atoms with Crippen LogP contribution in [0, 0.1) is 5.92 Å². The third-order valence-electron chi connectivity index (χ3n) is 2.35. The van der Waals surface area contributed by atoms with Crippen molar-refractivity contribution in [2.45, 2.75) is 39.3 Å². The molecular formula is C10H20N4O. The van der Waals surface area contributed by atoms with Crippen molar-refractivity contribution < 1.29 is 5.11 Å². The van der Waals surface area contributed by atoms with Crippen LogP contribution in [-0.2, 0) is 6.54 Å². The molecule has 5 nitrogen and oxygen atoms in total. The molecule has 5 heteroatoms. The van der Waals surface area contributed by atoms with Crippen LogP contribution in [0.3, 0.4) is 0 Å². The Morgan fingerprint density at radius 3 is 2.93 bits per heavy atom. The molecule has 0 aliphatic carbocycles. The molecule has 0 bridgehead atoms. The van der Waals surface area contributed by atoms with Gasteiger partial charge in [0.05, 0.1) is 17.9 Å². The second kappa shape index (κ2) is 5.82. The second-order valence-corrected chi connectivity index (χ2v) is 4.05. The smallest absolute Gasteiger partial charge is 0.0994 e. The van der Waals surface area contributed by atoms with Crippen molar-refractivity contribution in [2.75, 3.05) is 6.61 Å². The zero-order valence-electron chi connectivity index (χ0n) is 9.43. The predicted octanol–water partition coefficient (Wildman–Crippen LogP) is 0.706. The Hall–Kier alpha value is -0.940. The van der Waals surface area contributed by atoms with Gasteiger partial charge in [-0.25, -0.2) is 0 Å². The highest BCUT2D eigenvalue weighted by Crippen LogP contribution is 2.12. The SMILES string of the molecule is CCCC(N)c1cn(CC(C)CO)nn1. The first-order valence-corrected chi connectivity index (χ1v) is 5.43. The first-order chi connectivity index (χ1) is 7.17. The van der Waals surface area contributed by atoms with Crippen LogP contribution in [0.5, 0.6) is 0 Å². The lowest BCUT2D eigenvalue weighted by molar-refractivity contribution is 0.218. The molecule has 0 spiro atoms. The summed E-state index contributed by atoms with van der Waals surface area (Å²) in [7, 11) is 0. The number of aliphatic hydroxyl groups excluding tert-OH is 1. The molecule has 0 radical (unpaired) electrons. The maximum atomic E-state index is 8.91. The van der Waals surface area contributed by atoms with E-state index in [4.69, 9.17) is 10.8 Å². The van der Waals surface area contributed by atoms with Gasteiger partial charge in [-0.1, -0.05) is 25.5 Å². The Morgan fingerprint density at radius 2 is 2.33 bits per heavy atom. The minimum Gasteiger partial charge on any atom is -0.396 e. The van der Waals surface area contributed by atoms with Crippen LogP contribution in [0.25, 0.3) is 0 Å². The summed E-state index contributed by atoms with van der Waals surface area (Å²) in [5, 5.41) is 16.9. The van der Waals surface area contributed by atoms with E-state index in [1.807, 2.05) is 13.1 Å². The van der Waals surface area contributed by atoms with Crippen molar-refractivity contribution in [1.82, 2.24) is 15.0 Å². The third kappa shape index (κ3) is 3.60. The fourth-order valence-corrected chi connectivity index (χ4v) is 1.41. The summed E-state index contributed by atoms with van der Waals surface area (Å²) < 4.78 is 1.74. The fourth-order valence-electron chi connectivity index (χ4n) is 1.41. The zero-order chi connectivity index (χ0) is 11.3. The Bertz CT molecular complexity index is 287. The van der Waals surface area contributed by atoms with Gasteiger partial charge >= 0.3 is 0 Å². The molecular weight excluding hydrogens is 192 g/mol. The van der Waals surface area contributed by atoms with Gasteiger partial charge in [0.15, 0.2) is 0 Å². The van der Waals surface area contributed by atoms with Gasteiger partial charge < -0.3 is 10.8 Å². The van der Waals surface area contributed by atoms with Crippen molar-refractivity contribution in [3.8, 4) is 0 Å². The zero-order valence-corrected chi connectivity index (χ0v) is 9.43. The quantitative estimate of drug-likeness (QED) is 0.728. The van der Waals surface area contributed by atoms with Crippen molar-refractivity contribution >= 4 is 0 Å². The van der Waals surface area contributed by atoms with Gasteiger partial charge in [-0.3, -0.25) is 4.68 Å². The summed E-state index contributed by atoms with van der Waals surface area (Å²) in [5.41, 5.74) is 6.75.